The lowest BCUT2D eigenvalue weighted by Crippen LogP contribution is -2.06. The van der Waals surface area contributed by atoms with E-state index in [0.717, 1.165) is 11.6 Å². The highest BCUT2D eigenvalue weighted by Crippen LogP contribution is 2.40. The molecule has 3 aromatic carbocycles. The van der Waals surface area contributed by atoms with Gasteiger partial charge in [-0.25, -0.2) is 4.98 Å². The van der Waals surface area contributed by atoms with Crippen molar-refractivity contribution in [1.29, 1.82) is 0 Å². The molecule has 0 amide bonds. The van der Waals surface area contributed by atoms with Crippen LogP contribution in [0, 0.1) is 0 Å². The normalized spacial score (nSPS) is 12.3. The number of nitrogens with two attached hydrogens (primary N) is 1. The van der Waals surface area contributed by atoms with Crippen LogP contribution < -0.4 is 10.7 Å². The first-order chi connectivity index (χ1) is 11.3. The first-order valence-corrected chi connectivity index (χ1v) is 8.53. The van der Waals surface area contributed by atoms with Gasteiger partial charge in [-0.15, -0.1) is 0 Å². The molecule has 0 saturated carbocycles. The fourth-order valence-corrected chi connectivity index (χ4v) is 4.45. The van der Waals surface area contributed by atoms with Crippen LogP contribution in [0.5, 0.6) is 0 Å². The number of hydrogen-bond acceptors (Lipinski definition) is 2. The molecule has 1 aliphatic rings. The number of nitrogen functional groups attached to an aromatic ring is 1. The zero-order valence-electron chi connectivity index (χ0n) is 12.5. The van der Waals surface area contributed by atoms with Crippen molar-refractivity contribution < 1.29 is 4.98 Å². The summed E-state index contributed by atoms with van der Waals surface area (Å²) in [5.41, 5.74) is 12.3. The summed E-state index contributed by atoms with van der Waals surface area (Å²) in [6.07, 6.45) is 0.974. The molecule has 1 aromatic heterocycles. The maximum Gasteiger partial charge on any atom is 0.330 e. The largest absolute Gasteiger partial charge is 0.330 e. The molecule has 0 spiro atoms. The first kappa shape index (κ1) is 12.9. The van der Waals surface area contributed by atoms with Gasteiger partial charge in [0, 0.05) is 12.0 Å². The number of aromatic nitrogens is 1. The van der Waals surface area contributed by atoms with Gasteiger partial charge in [0.25, 0.3) is 0 Å². The molecule has 3 heteroatoms. The maximum atomic E-state index is 5.89. The van der Waals surface area contributed by atoms with Crippen LogP contribution in [0.25, 0.3) is 33.2 Å². The highest BCUT2D eigenvalue weighted by atomic mass is 32.1. The lowest BCUT2D eigenvalue weighted by molar-refractivity contribution is -0.340. The van der Waals surface area contributed by atoms with Crippen molar-refractivity contribution >= 4 is 27.2 Å². The number of fused-ring (bicyclic) bond motifs is 4. The Morgan fingerprint density at radius 3 is 2.74 bits per heavy atom. The molecule has 0 saturated heterocycles. The lowest BCUT2D eigenvalue weighted by Gasteiger charge is -2.08. The van der Waals surface area contributed by atoms with Gasteiger partial charge in [0.15, 0.2) is 0 Å². The van der Waals surface area contributed by atoms with E-state index in [0.29, 0.717) is 0 Å². The van der Waals surface area contributed by atoms with Gasteiger partial charge in [0.2, 0.25) is 0 Å². The van der Waals surface area contributed by atoms with Crippen LogP contribution in [-0.4, -0.2) is 0 Å². The maximum absolute atomic E-state index is 5.89. The van der Waals surface area contributed by atoms with E-state index in [1.807, 2.05) is 0 Å². The number of hydrogen-bond donors (Lipinski definition) is 1. The van der Waals surface area contributed by atoms with E-state index in [1.54, 1.807) is 11.3 Å². The van der Waals surface area contributed by atoms with E-state index in [2.05, 4.69) is 65.6 Å². The Balaban J connectivity index is 1.69. The third-order valence-electron chi connectivity index (χ3n) is 4.59. The second-order valence-corrected chi connectivity index (χ2v) is 7.10. The summed E-state index contributed by atoms with van der Waals surface area (Å²) >= 11 is 1.66. The quantitative estimate of drug-likeness (QED) is 0.485. The van der Waals surface area contributed by atoms with Crippen LogP contribution in [0.4, 0.5) is 5.13 Å². The number of nitrogens with one attached hydrogen (secondary N) is 1. The lowest BCUT2D eigenvalue weighted by atomic mass is 9.95. The van der Waals surface area contributed by atoms with Gasteiger partial charge in [-0.1, -0.05) is 65.9 Å². The van der Waals surface area contributed by atoms with Crippen molar-refractivity contribution in [1.82, 2.24) is 0 Å². The Labute approximate surface area is 138 Å². The van der Waals surface area contributed by atoms with Crippen molar-refractivity contribution in [3.05, 3.63) is 71.1 Å². The van der Waals surface area contributed by atoms with Crippen LogP contribution in [0.15, 0.2) is 60.7 Å². The molecular weight excluding hydrogens is 300 g/mol. The standard InChI is InChI=1S/C20H14N2S/c21-20-22-19-17-9-8-13(10-14(17)11-18(19)23-20)16-7-3-5-12-4-1-2-6-15(12)16/h1-10H,11H2,(H2,21,22)/p+1. The summed E-state index contributed by atoms with van der Waals surface area (Å²) < 4.78 is 0. The minimum atomic E-state index is 0.791. The summed E-state index contributed by atoms with van der Waals surface area (Å²) in [5.74, 6) is 0. The van der Waals surface area contributed by atoms with Gasteiger partial charge < -0.3 is 0 Å². The van der Waals surface area contributed by atoms with Crippen LogP contribution in [0.2, 0.25) is 0 Å². The molecule has 0 radical (unpaired) electrons. The van der Waals surface area contributed by atoms with Gasteiger partial charge in [0.05, 0.1) is 4.88 Å². The average molecular weight is 315 g/mol. The van der Waals surface area contributed by atoms with Crippen LogP contribution in [0.1, 0.15) is 10.4 Å². The number of rotatable bonds is 1. The SMILES string of the molecule is Nc1[nH+]c2c(s1)Cc1cc(-c3cccc4ccccc34)ccc1-2. The van der Waals surface area contributed by atoms with Crippen molar-refractivity contribution in [3.8, 4) is 22.4 Å². The fourth-order valence-electron chi connectivity index (χ4n) is 3.55. The third-order valence-corrected chi connectivity index (χ3v) is 5.50. The predicted molar refractivity (Wildman–Crippen MR) is 96.5 cm³/mol. The molecule has 1 aliphatic carbocycles. The van der Waals surface area contributed by atoms with Gasteiger partial charge >= 0.3 is 5.13 Å². The van der Waals surface area contributed by atoms with E-state index in [-0.39, 0.29) is 0 Å². The summed E-state index contributed by atoms with van der Waals surface area (Å²) in [5, 5.41) is 3.38. The predicted octanol–water partition coefficient (Wildman–Crippen LogP) is 4.54. The van der Waals surface area contributed by atoms with Crippen molar-refractivity contribution in [3.63, 3.8) is 0 Å². The van der Waals surface area contributed by atoms with Gasteiger partial charge in [-0.3, -0.25) is 5.73 Å². The number of aromatic amines is 1. The topological polar surface area (TPSA) is 40.2 Å². The number of anilines is 1. The van der Waals surface area contributed by atoms with Gasteiger partial charge in [0.1, 0.15) is 5.69 Å². The Hall–Kier alpha value is -2.65. The fraction of sp³-hybridized carbons (Fsp3) is 0.0500. The molecule has 23 heavy (non-hydrogen) atoms. The molecule has 5 rings (SSSR count). The summed E-state index contributed by atoms with van der Waals surface area (Å²) in [6.45, 7) is 0. The monoisotopic (exact) mass is 315 g/mol. The molecular formula is C20H15N2S+. The number of H-pyrrole nitrogens is 1. The van der Waals surface area contributed by atoms with E-state index in [1.165, 1.54) is 43.6 Å². The van der Waals surface area contributed by atoms with E-state index < -0.39 is 0 Å². The highest BCUT2D eigenvalue weighted by Gasteiger charge is 2.25. The molecule has 4 aromatic rings. The van der Waals surface area contributed by atoms with E-state index >= 15 is 0 Å². The molecule has 3 N–H and O–H groups in total. The molecule has 0 fully saturated rings. The average Bonchev–Trinajstić information content (AvgIpc) is 3.09. The number of benzene rings is 3. The zero-order valence-corrected chi connectivity index (χ0v) is 13.3. The molecule has 2 nitrogen and oxygen atoms in total. The second-order valence-electron chi connectivity index (χ2n) is 5.96. The summed E-state index contributed by atoms with van der Waals surface area (Å²) in [6, 6.07) is 21.8. The summed E-state index contributed by atoms with van der Waals surface area (Å²) in [7, 11) is 0. The summed E-state index contributed by atoms with van der Waals surface area (Å²) in [4.78, 5) is 4.64. The van der Waals surface area contributed by atoms with Crippen LogP contribution in [0.3, 0.4) is 0 Å². The third kappa shape index (κ3) is 1.90. The first-order valence-electron chi connectivity index (χ1n) is 7.71. The van der Waals surface area contributed by atoms with Crippen molar-refractivity contribution in [2.75, 3.05) is 5.73 Å². The Morgan fingerprint density at radius 1 is 0.913 bits per heavy atom. The molecule has 1 heterocycles. The van der Waals surface area contributed by atoms with Crippen molar-refractivity contribution in [2.24, 2.45) is 0 Å². The number of thiazole rings is 1. The van der Waals surface area contributed by atoms with Crippen molar-refractivity contribution in [2.45, 2.75) is 6.42 Å². The molecule has 0 aliphatic heterocycles. The molecule has 0 atom stereocenters. The van der Waals surface area contributed by atoms with Crippen LogP contribution >= 0.6 is 11.3 Å². The molecule has 0 bridgehead atoms. The van der Waals surface area contributed by atoms with Crippen LogP contribution in [-0.2, 0) is 6.42 Å². The van der Waals surface area contributed by atoms with E-state index in [9.17, 15) is 0 Å². The Morgan fingerprint density at radius 2 is 1.78 bits per heavy atom. The zero-order chi connectivity index (χ0) is 15.4. The smallest absolute Gasteiger partial charge is 0.278 e. The Bertz CT molecular complexity index is 1060. The Kier molecular flexibility index (Phi) is 2.61. The van der Waals surface area contributed by atoms with Gasteiger partial charge in [-0.2, -0.15) is 0 Å². The minimum absolute atomic E-state index is 0.791. The molecule has 110 valence electrons. The van der Waals surface area contributed by atoms with Gasteiger partial charge in [-0.05, 0) is 33.5 Å². The molecule has 0 unspecified atom stereocenters. The van der Waals surface area contributed by atoms with E-state index in [4.69, 9.17) is 5.73 Å². The second kappa shape index (κ2) is 4.67. The highest BCUT2D eigenvalue weighted by molar-refractivity contribution is 7.15. The minimum Gasteiger partial charge on any atom is -0.278 e.